The van der Waals surface area contributed by atoms with Crippen LogP contribution in [0.5, 0.6) is 11.5 Å². The number of rotatable bonds is 6. The van der Waals surface area contributed by atoms with Gasteiger partial charge in [0, 0.05) is 11.0 Å². The van der Waals surface area contributed by atoms with E-state index in [0.717, 1.165) is 26.0 Å². The Labute approximate surface area is 135 Å². The average Bonchev–Trinajstić information content (AvgIpc) is 2.46. The molecule has 2 aromatic carbocycles. The van der Waals surface area contributed by atoms with Gasteiger partial charge in [0.1, 0.15) is 24.7 Å². The maximum atomic E-state index is 5.65. The summed E-state index contributed by atoms with van der Waals surface area (Å²) in [5.74, 6) is 1.62. The molecule has 2 rings (SSSR count). The fourth-order valence-electron chi connectivity index (χ4n) is 1.63. The predicted molar refractivity (Wildman–Crippen MR) is 87.2 cm³/mol. The second-order valence-corrected chi connectivity index (χ2v) is 5.89. The van der Waals surface area contributed by atoms with E-state index in [1.54, 1.807) is 0 Å². The second-order valence-electron chi connectivity index (χ2n) is 4.12. The van der Waals surface area contributed by atoms with E-state index in [9.17, 15) is 0 Å². The van der Waals surface area contributed by atoms with Gasteiger partial charge >= 0.3 is 0 Å². The number of ether oxygens (including phenoxy) is 2. The van der Waals surface area contributed by atoms with Crippen molar-refractivity contribution in [3.63, 3.8) is 0 Å². The van der Waals surface area contributed by atoms with Crippen molar-refractivity contribution >= 4 is 31.9 Å². The zero-order valence-electron chi connectivity index (χ0n) is 10.8. The lowest BCUT2D eigenvalue weighted by Crippen LogP contribution is -2.09. The zero-order chi connectivity index (χ0) is 14.4. The maximum absolute atomic E-state index is 5.65. The van der Waals surface area contributed by atoms with Crippen molar-refractivity contribution in [2.75, 3.05) is 13.2 Å². The first-order chi connectivity index (χ1) is 9.69. The number of hydrogen-bond acceptors (Lipinski definition) is 3. The van der Waals surface area contributed by atoms with Gasteiger partial charge in [-0.1, -0.05) is 28.1 Å². The minimum absolute atomic E-state index is 0.485. The monoisotopic (exact) mass is 399 g/mol. The van der Waals surface area contributed by atoms with E-state index in [-0.39, 0.29) is 0 Å². The smallest absolute Gasteiger partial charge is 0.133 e. The minimum Gasteiger partial charge on any atom is -0.490 e. The third kappa shape index (κ3) is 4.51. The van der Waals surface area contributed by atoms with Gasteiger partial charge in [-0.05, 0) is 51.8 Å². The Balaban J connectivity index is 1.78. The molecule has 0 spiro atoms. The molecule has 106 valence electrons. The quantitative estimate of drug-likeness (QED) is 0.741. The number of hydrogen-bond donors (Lipinski definition) is 1. The molecule has 0 fully saturated rings. The highest BCUT2D eigenvalue weighted by Gasteiger charge is 2.01. The molecule has 0 saturated carbocycles. The molecule has 0 heterocycles. The standard InChI is InChI=1S/C15H15Br2NO2/c16-12-3-6-15(14(17)9-12)20-8-7-19-13-4-1-11(10-18)2-5-13/h1-6,9H,7-8,10,18H2. The molecule has 0 aromatic heterocycles. The van der Waals surface area contributed by atoms with Crippen molar-refractivity contribution in [3.8, 4) is 11.5 Å². The van der Waals surface area contributed by atoms with Crippen LogP contribution in [0.1, 0.15) is 5.56 Å². The van der Waals surface area contributed by atoms with E-state index < -0.39 is 0 Å². The molecular formula is C15H15Br2NO2. The average molecular weight is 401 g/mol. The van der Waals surface area contributed by atoms with Crippen LogP contribution < -0.4 is 15.2 Å². The van der Waals surface area contributed by atoms with Gasteiger partial charge in [0.05, 0.1) is 4.47 Å². The first-order valence-electron chi connectivity index (χ1n) is 6.18. The summed E-state index contributed by atoms with van der Waals surface area (Å²) in [6, 6.07) is 13.5. The van der Waals surface area contributed by atoms with Crippen molar-refractivity contribution in [2.45, 2.75) is 6.54 Å². The highest BCUT2D eigenvalue weighted by Crippen LogP contribution is 2.28. The summed E-state index contributed by atoms with van der Waals surface area (Å²) < 4.78 is 13.2. The molecule has 5 heteroatoms. The van der Waals surface area contributed by atoms with Crippen LogP contribution in [-0.2, 0) is 6.54 Å². The van der Waals surface area contributed by atoms with E-state index >= 15 is 0 Å². The van der Waals surface area contributed by atoms with Crippen LogP contribution in [0.25, 0.3) is 0 Å². The first-order valence-corrected chi connectivity index (χ1v) is 7.77. The molecule has 3 nitrogen and oxygen atoms in total. The van der Waals surface area contributed by atoms with E-state index in [0.29, 0.717) is 19.8 Å². The van der Waals surface area contributed by atoms with Crippen molar-refractivity contribution in [3.05, 3.63) is 57.0 Å². The van der Waals surface area contributed by atoms with Gasteiger partial charge in [0.15, 0.2) is 0 Å². The summed E-state index contributed by atoms with van der Waals surface area (Å²) in [6.45, 7) is 1.52. The van der Waals surface area contributed by atoms with Crippen LogP contribution in [0.3, 0.4) is 0 Å². The fourth-order valence-corrected chi connectivity index (χ4v) is 2.79. The third-order valence-corrected chi connectivity index (χ3v) is 3.78. The van der Waals surface area contributed by atoms with Crippen molar-refractivity contribution in [1.82, 2.24) is 0 Å². The molecular weight excluding hydrogens is 386 g/mol. The Kier molecular flexibility index (Phi) is 5.88. The molecule has 2 aromatic rings. The number of halogens is 2. The molecule has 0 unspecified atom stereocenters. The Morgan fingerprint density at radius 3 is 2.25 bits per heavy atom. The molecule has 2 N–H and O–H groups in total. The lowest BCUT2D eigenvalue weighted by atomic mass is 10.2. The van der Waals surface area contributed by atoms with E-state index in [1.807, 2.05) is 42.5 Å². The lowest BCUT2D eigenvalue weighted by Gasteiger charge is -2.10. The number of benzene rings is 2. The van der Waals surface area contributed by atoms with Gasteiger partial charge in [-0.15, -0.1) is 0 Å². The molecule has 0 radical (unpaired) electrons. The summed E-state index contributed by atoms with van der Waals surface area (Å²) in [4.78, 5) is 0. The molecule has 0 aliphatic rings. The van der Waals surface area contributed by atoms with Crippen molar-refractivity contribution in [1.29, 1.82) is 0 Å². The summed E-state index contributed by atoms with van der Waals surface area (Å²) >= 11 is 6.85. The molecule has 0 bridgehead atoms. The van der Waals surface area contributed by atoms with Crippen LogP contribution >= 0.6 is 31.9 Å². The van der Waals surface area contributed by atoms with Crippen LogP contribution in [0.4, 0.5) is 0 Å². The topological polar surface area (TPSA) is 44.5 Å². The largest absolute Gasteiger partial charge is 0.490 e. The minimum atomic E-state index is 0.485. The number of nitrogens with two attached hydrogens (primary N) is 1. The molecule has 0 aliphatic carbocycles. The molecule has 20 heavy (non-hydrogen) atoms. The summed E-state index contributed by atoms with van der Waals surface area (Å²) in [7, 11) is 0. The third-order valence-electron chi connectivity index (χ3n) is 2.66. The first kappa shape index (κ1) is 15.4. The van der Waals surface area contributed by atoms with Gasteiger partial charge in [-0.25, -0.2) is 0 Å². The van der Waals surface area contributed by atoms with Crippen LogP contribution in [0.2, 0.25) is 0 Å². The predicted octanol–water partition coefficient (Wildman–Crippen LogP) is 4.13. The maximum Gasteiger partial charge on any atom is 0.133 e. The summed E-state index contributed by atoms with van der Waals surface area (Å²) in [5.41, 5.74) is 6.63. The van der Waals surface area contributed by atoms with E-state index in [1.165, 1.54) is 0 Å². The van der Waals surface area contributed by atoms with Gasteiger partial charge in [0.25, 0.3) is 0 Å². The normalized spacial score (nSPS) is 10.3. The Morgan fingerprint density at radius 2 is 1.60 bits per heavy atom. The van der Waals surface area contributed by atoms with E-state index in [4.69, 9.17) is 15.2 Å². The Bertz CT molecular complexity index is 558. The van der Waals surface area contributed by atoms with Gasteiger partial charge < -0.3 is 15.2 Å². The van der Waals surface area contributed by atoms with Crippen LogP contribution in [-0.4, -0.2) is 13.2 Å². The van der Waals surface area contributed by atoms with Gasteiger partial charge in [-0.2, -0.15) is 0 Å². The van der Waals surface area contributed by atoms with E-state index in [2.05, 4.69) is 31.9 Å². The Hall–Kier alpha value is -1.04. The summed E-state index contributed by atoms with van der Waals surface area (Å²) in [6.07, 6.45) is 0. The summed E-state index contributed by atoms with van der Waals surface area (Å²) in [5, 5.41) is 0. The van der Waals surface area contributed by atoms with Gasteiger partial charge in [0.2, 0.25) is 0 Å². The van der Waals surface area contributed by atoms with Crippen molar-refractivity contribution < 1.29 is 9.47 Å². The molecule has 0 saturated heterocycles. The van der Waals surface area contributed by atoms with Crippen LogP contribution in [0, 0.1) is 0 Å². The highest BCUT2D eigenvalue weighted by atomic mass is 79.9. The second kappa shape index (κ2) is 7.67. The molecule has 0 atom stereocenters. The lowest BCUT2D eigenvalue weighted by molar-refractivity contribution is 0.216. The van der Waals surface area contributed by atoms with Crippen molar-refractivity contribution in [2.24, 2.45) is 5.73 Å². The molecule has 0 amide bonds. The van der Waals surface area contributed by atoms with Gasteiger partial charge in [-0.3, -0.25) is 0 Å². The highest BCUT2D eigenvalue weighted by molar-refractivity contribution is 9.11. The zero-order valence-corrected chi connectivity index (χ0v) is 14.0. The fraction of sp³-hybridized carbons (Fsp3) is 0.200. The van der Waals surface area contributed by atoms with Crippen LogP contribution in [0.15, 0.2) is 51.4 Å². The molecule has 0 aliphatic heterocycles. The Morgan fingerprint density at radius 1 is 0.900 bits per heavy atom. The SMILES string of the molecule is NCc1ccc(OCCOc2ccc(Br)cc2Br)cc1.